The Labute approximate surface area is 105 Å². The summed E-state index contributed by atoms with van der Waals surface area (Å²) in [5, 5.41) is 15.6. The standard InChI is InChI=1S/C7H13NO2.C4H4O4/c1-3-5-7(9)10-8-6-4-2;5-3(6)1-2-4(7)8/h3,5,8H,4,6H2,1-2H3;1-2H,(H,5,6)(H,7,8)/b;2-1-. The highest BCUT2D eigenvalue weighted by Crippen LogP contribution is 1.77. The molecule has 102 valence electrons. The van der Waals surface area contributed by atoms with E-state index in [-0.39, 0.29) is 5.97 Å². The number of carbonyl (C=O) groups excluding carboxylic acids is 1. The Kier molecular flexibility index (Phi) is 13.1. The Hall–Kier alpha value is -2.15. The van der Waals surface area contributed by atoms with Gasteiger partial charge in [0, 0.05) is 24.8 Å². The quantitative estimate of drug-likeness (QED) is 0.366. The summed E-state index contributed by atoms with van der Waals surface area (Å²) in [4.78, 5) is 34.2. The second kappa shape index (κ2) is 12.9. The van der Waals surface area contributed by atoms with Crippen molar-refractivity contribution in [3.05, 3.63) is 24.3 Å². The Morgan fingerprint density at radius 1 is 1.11 bits per heavy atom. The molecule has 0 heterocycles. The lowest BCUT2D eigenvalue weighted by Crippen LogP contribution is -2.18. The van der Waals surface area contributed by atoms with Crippen LogP contribution in [0.3, 0.4) is 0 Å². The lowest BCUT2D eigenvalue weighted by Gasteiger charge is -1.99. The van der Waals surface area contributed by atoms with Gasteiger partial charge in [0.05, 0.1) is 0 Å². The summed E-state index contributed by atoms with van der Waals surface area (Å²) in [6.07, 6.45) is 5.06. The molecule has 7 nitrogen and oxygen atoms in total. The molecule has 18 heavy (non-hydrogen) atoms. The Morgan fingerprint density at radius 3 is 1.94 bits per heavy atom. The molecule has 0 saturated carbocycles. The molecule has 0 unspecified atom stereocenters. The van der Waals surface area contributed by atoms with Gasteiger partial charge < -0.3 is 15.1 Å². The van der Waals surface area contributed by atoms with Crippen LogP contribution in [0.15, 0.2) is 24.3 Å². The predicted octanol–water partition coefficient (Wildman–Crippen LogP) is 0.732. The molecule has 0 fully saturated rings. The van der Waals surface area contributed by atoms with Crippen molar-refractivity contribution in [2.45, 2.75) is 20.3 Å². The molecule has 0 aromatic rings. The topological polar surface area (TPSA) is 113 Å². The third-order valence-electron chi connectivity index (χ3n) is 1.20. The number of nitrogens with one attached hydrogen (secondary N) is 1. The smallest absolute Gasteiger partial charge is 0.349 e. The minimum Gasteiger partial charge on any atom is -0.478 e. The molecular weight excluding hydrogens is 242 g/mol. The van der Waals surface area contributed by atoms with Crippen LogP contribution in [0.1, 0.15) is 20.3 Å². The van der Waals surface area contributed by atoms with Crippen LogP contribution in [0.5, 0.6) is 0 Å². The van der Waals surface area contributed by atoms with E-state index in [0.29, 0.717) is 18.7 Å². The zero-order chi connectivity index (χ0) is 14.4. The van der Waals surface area contributed by atoms with Crippen LogP contribution in [0.4, 0.5) is 0 Å². The van der Waals surface area contributed by atoms with Gasteiger partial charge in [0.15, 0.2) is 0 Å². The highest BCUT2D eigenvalue weighted by atomic mass is 16.7. The van der Waals surface area contributed by atoms with Crippen molar-refractivity contribution in [2.24, 2.45) is 0 Å². The van der Waals surface area contributed by atoms with E-state index >= 15 is 0 Å². The molecule has 0 aromatic heterocycles. The molecular formula is C11H17NO6. The maximum Gasteiger partial charge on any atom is 0.349 e. The average molecular weight is 259 g/mol. The Bertz CT molecular complexity index is 305. The van der Waals surface area contributed by atoms with Crippen molar-refractivity contribution in [3.8, 4) is 0 Å². The van der Waals surface area contributed by atoms with E-state index in [4.69, 9.17) is 10.2 Å². The first-order valence-electron chi connectivity index (χ1n) is 5.14. The van der Waals surface area contributed by atoms with Gasteiger partial charge in [0.2, 0.25) is 0 Å². The number of hydrogen-bond donors (Lipinski definition) is 3. The largest absolute Gasteiger partial charge is 0.478 e. The monoisotopic (exact) mass is 259 g/mol. The summed E-state index contributed by atoms with van der Waals surface area (Å²) in [5.74, 6) is -2.87. The molecule has 0 atom stereocenters. The number of hydrogen-bond acceptors (Lipinski definition) is 5. The molecule has 0 spiro atoms. The zero-order valence-corrected chi connectivity index (χ0v) is 10.3. The second-order valence-electron chi connectivity index (χ2n) is 2.83. The lowest BCUT2D eigenvalue weighted by atomic mass is 10.5. The van der Waals surface area contributed by atoms with Crippen molar-refractivity contribution < 1.29 is 29.4 Å². The number of rotatable bonds is 6. The van der Waals surface area contributed by atoms with E-state index < -0.39 is 11.9 Å². The molecule has 0 radical (unpaired) electrons. The van der Waals surface area contributed by atoms with Gasteiger partial charge >= 0.3 is 17.9 Å². The van der Waals surface area contributed by atoms with E-state index in [2.05, 4.69) is 10.3 Å². The van der Waals surface area contributed by atoms with E-state index in [0.717, 1.165) is 6.42 Å². The van der Waals surface area contributed by atoms with Gasteiger partial charge in [0.25, 0.3) is 0 Å². The summed E-state index contributed by atoms with van der Waals surface area (Å²) >= 11 is 0. The van der Waals surface area contributed by atoms with Crippen LogP contribution in [-0.4, -0.2) is 34.7 Å². The van der Waals surface area contributed by atoms with Gasteiger partial charge in [0.1, 0.15) is 0 Å². The predicted molar refractivity (Wildman–Crippen MR) is 63.6 cm³/mol. The number of allylic oxidation sites excluding steroid dienone is 1. The molecule has 0 rings (SSSR count). The van der Waals surface area contributed by atoms with Gasteiger partial charge in [-0.15, -0.1) is 0 Å². The summed E-state index contributed by atoms with van der Waals surface area (Å²) in [7, 11) is 0. The summed E-state index contributed by atoms with van der Waals surface area (Å²) in [6.45, 7) is 4.46. The van der Waals surface area contributed by atoms with Gasteiger partial charge in [-0.3, -0.25) is 0 Å². The van der Waals surface area contributed by atoms with E-state index in [9.17, 15) is 14.4 Å². The van der Waals surface area contributed by atoms with Crippen LogP contribution in [0.25, 0.3) is 0 Å². The van der Waals surface area contributed by atoms with Crippen LogP contribution in [0, 0.1) is 0 Å². The number of carbonyl (C=O) groups is 3. The first kappa shape index (κ1) is 18.2. The maximum atomic E-state index is 10.5. The van der Waals surface area contributed by atoms with Crippen molar-refractivity contribution in [2.75, 3.05) is 6.54 Å². The molecule has 0 aliphatic heterocycles. The molecule has 0 aromatic carbocycles. The van der Waals surface area contributed by atoms with Crippen molar-refractivity contribution in [1.82, 2.24) is 5.48 Å². The van der Waals surface area contributed by atoms with E-state index in [1.165, 1.54) is 6.08 Å². The van der Waals surface area contributed by atoms with E-state index in [1.54, 1.807) is 13.0 Å². The van der Waals surface area contributed by atoms with Crippen LogP contribution >= 0.6 is 0 Å². The first-order chi connectivity index (χ1) is 8.43. The molecule has 0 bridgehead atoms. The highest BCUT2D eigenvalue weighted by molar-refractivity contribution is 5.89. The minimum absolute atomic E-state index is 0.351. The van der Waals surface area contributed by atoms with Crippen LogP contribution < -0.4 is 5.48 Å². The normalized spacial score (nSPS) is 9.89. The third-order valence-corrected chi connectivity index (χ3v) is 1.20. The van der Waals surface area contributed by atoms with Crippen LogP contribution in [0.2, 0.25) is 0 Å². The average Bonchev–Trinajstić information content (AvgIpc) is 2.28. The molecule has 0 saturated heterocycles. The van der Waals surface area contributed by atoms with Crippen molar-refractivity contribution in [1.29, 1.82) is 0 Å². The van der Waals surface area contributed by atoms with Gasteiger partial charge in [-0.05, 0) is 13.3 Å². The van der Waals surface area contributed by atoms with Gasteiger partial charge in [-0.25, -0.2) is 14.4 Å². The van der Waals surface area contributed by atoms with Gasteiger partial charge in [-0.2, -0.15) is 5.48 Å². The Balaban J connectivity index is 0. The molecule has 0 amide bonds. The van der Waals surface area contributed by atoms with Crippen molar-refractivity contribution >= 4 is 17.9 Å². The third kappa shape index (κ3) is 19.4. The number of hydroxylamine groups is 1. The molecule has 7 heteroatoms. The molecule has 0 aliphatic rings. The molecule has 0 aliphatic carbocycles. The van der Waals surface area contributed by atoms with Gasteiger partial charge in [-0.1, -0.05) is 13.0 Å². The Morgan fingerprint density at radius 2 is 1.61 bits per heavy atom. The SMILES string of the molecule is CC=CC(=O)ONCCC.O=C(O)/C=C\C(=O)O. The maximum absolute atomic E-state index is 10.5. The minimum atomic E-state index is -1.26. The number of aliphatic carboxylic acids is 2. The summed E-state index contributed by atoms with van der Waals surface area (Å²) < 4.78 is 0. The summed E-state index contributed by atoms with van der Waals surface area (Å²) in [6, 6.07) is 0. The summed E-state index contributed by atoms with van der Waals surface area (Å²) in [5.41, 5.74) is 2.52. The number of carboxylic acids is 2. The van der Waals surface area contributed by atoms with Crippen molar-refractivity contribution in [3.63, 3.8) is 0 Å². The fraction of sp³-hybridized carbons (Fsp3) is 0.364. The lowest BCUT2D eigenvalue weighted by molar-refractivity contribution is -0.145. The number of carboxylic acid groups (broad SMARTS) is 2. The fourth-order valence-corrected chi connectivity index (χ4v) is 0.537. The molecule has 3 N–H and O–H groups in total. The highest BCUT2D eigenvalue weighted by Gasteiger charge is 1.92. The first-order valence-corrected chi connectivity index (χ1v) is 5.14. The second-order valence-corrected chi connectivity index (χ2v) is 2.83. The zero-order valence-electron chi connectivity index (χ0n) is 10.3. The van der Waals surface area contributed by atoms with Crippen LogP contribution in [-0.2, 0) is 19.2 Å². The fourth-order valence-electron chi connectivity index (χ4n) is 0.537. The van der Waals surface area contributed by atoms with E-state index in [1.807, 2.05) is 6.92 Å².